The van der Waals surface area contributed by atoms with Gasteiger partial charge in [-0.3, -0.25) is 0 Å². The maximum absolute atomic E-state index is 13.3. The summed E-state index contributed by atoms with van der Waals surface area (Å²) in [6, 6.07) is 7.25. The summed E-state index contributed by atoms with van der Waals surface area (Å²) in [4.78, 5) is 2.27. The Morgan fingerprint density at radius 2 is 2.03 bits per heavy atom. The molecule has 4 aliphatic rings. The van der Waals surface area contributed by atoms with Crippen LogP contribution in [0.2, 0.25) is 0 Å². The number of nitrogens with zero attached hydrogens (tertiary/aromatic N) is 2. The van der Waals surface area contributed by atoms with E-state index in [0.29, 0.717) is 6.54 Å². The number of fused-ring (bicyclic) bond motifs is 3. The normalized spacial score (nSPS) is 33.8. The highest BCUT2D eigenvalue weighted by Gasteiger charge is 2.59. The molecule has 0 aromatic heterocycles. The first kappa shape index (κ1) is 19.0. The smallest absolute Gasteiger partial charge is 0.241 e. The molecule has 3 unspecified atom stereocenters. The van der Waals surface area contributed by atoms with Crippen molar-refractivity contribution in [2.45, 2.75) is 67.0 Å². The molecule has 1 spiro atoms. The number of nitriles is 1. The second kappa shape index (κ2) is 6.53. The number of nitrogens with one attached hydrogen (secondary N) is 2. The average Bonchev–Trinajstić information content (AvgIpc) is 3.22. The first-order valence-corrected chi connectivity index (χ1v) is 11.8. The summed E-state index contributed by atoms with van der Waals surface area (Å²) >= 11 is 0. The largest absolute Gasteiger partial charge is 0.358 e. The second-order valence-electron chi connectivity index (χ2n) is 8.89. The Labute approximate surface area is 170 Å². The fraction of sp³-hybridized carbons (Fsp3) is 0.571. The minimum Gasteiger partial charge on any atom is -0.358 e. The molecule has 1 saturated heterocycles. The molecule has 29 heavy (non-hydrogen) atoms. The van der Waals surface area contributed by atoms with E-state index in [2.05, 4.69) is 21.0 Å². The van der Waals surface area contributed by atoms with Crippen molar-refractivity contribution >= 4 is 10.0 Å². The molecular formula is C21H25FN4O2S. The van der Waals surface area contributed by atoms with Gasteiger partial charge in [0.2, 0.25) is 10.0 Å². The molecule has 0 amide bonds. The molecule has 3 atom stereocenters. The van der Waals surface area contributed by atoms with Gasteiger partial charge in [0.1, 0.15) is 11.9 Å². The van der Waals surface area contributed by atoms with E-state index >= 15 is 0 Å². The number of halogens is 1. The number of sulfonamides is 1. The number of likely N-dealkylation sites (tertiary alicyclic amines) is 1. The molecule has 8 heteroatoms. The third-order valence-electron chi connectivity index (χ3n) is 7.17. The first-order chi connectivity index (χ1) is 13.9. The van der Waals surface area contributed by atoms with Crippen LogP contribution in [-0.4, -0.2) is 43.5 Å². The minimum absolute atomic E-state index is 0.0652. The van der Waals surface area contributed by atoms with Gasteiger partial charge < -0.3 is 10.2 Å². The van der Waals surface area contributed by atoms with Gasteiger partial charge in [-0.1, -0.05) is 0 Å². The third-order valence-corrected chi connectivity index (χ3v) is 8.73. The van der Waals surface area contributed by atoms with Gasteiger partial charge in [0.25, 0.3) is 0 Å². The van der Waals surface area contributed by atoms with Crippen molar-refractivity contribution in [3.63, 3.8) is 0 Å². The lowest BCUT2D eigenvalue weighted by molar-refractivity contribution is 0.224. The Morgan fingerprint density at radius 1 is 1.24 bits per heavy atom. The lowest BCUT2D eigenvalue weighted by Gasteiger charge is -2.39. The van der Waals surface area contributed by atoms with E-state index in [9.17, 15) is 18.1 Å². The van der Waals surface area contributed by atoms with E-state index in [0.717, 1.165) is 62.8 Å². The lowest BCUT2D eigenvalue weighted by atomic mass is 9.79. The lowest BCUT2D eigenvalue weighted by Crippen LogP contribution is -2.53. The fourth-order valence-corrected chi connectivity index (χ4v) is 7.37. The SMILES string of the molecule is N#CC1CCCN1C1=C2CC3(CCCC2(NS(=O)(=O)c2ccc(F)cc2)C3)NC1. The fourth-order valence-electron chi connectivity index (χ4n) is 5.95. The van der Waals surface area contributed by atoms with Crippen molar-refractivity contribution in [2.75, 3.05) is 13.1 Å². The van der Waals surface area contributed by atoms with E-state index in [1.165, 1.54) is 24.3 Å². The van der Waals surface area contributed by atoms with E-state index in [1.807, 2.05) is 0 Å². The summed E-state index contributed by atoms with van der Waals surface area (Å²) in [6.45, 7) is 1.53. The van der Waals surface area contributed by atoms with Crippen molar-refractivity contribution in [3.05, 3.63) is 41.4 Å². The molecule has 1 aromatic carbocycles. The van der Waals surface area contributed by atoms with Crippen molar-refractivity contribution < 1.29 is 12.8 Å². The Balaban J connectivity index is 1.56. The maximum atomic E-state index is 13.3. The van der Waals surface area contributed by atoms with Crippen molar-refractivity contribution in [1.29, 1.82) is 5.26 Å². The third kappa shape index (κ3) is 2.98. The van der Waals surface area contributed by atoms with Crippen LogP contribution in [0.5, 0.6) is 0 Å². The van der Waals surface area contributed by atoms with Crippen molar-refractivity contribution in [3.8, 4) is 6.07 Å². The molecule has 154 valence electrons. The number of benzene rings is 1. The summed E-state index contributed by atoms with van der Waals surface area (Å²) in [5.41, 5.74) is 1.56. The molecule has 5 rings (SSSR count). The van der Waals surface area contributed by atoms with Crippen LogP contribution in [0.15, 0.2) is 40.4 Å². The Hall–Kier alpha value is -1.95. The molecule has 1 aromatic rings. The van der Waals surface area contributed by atoms with Crippen LogP contribution in [0.3, 0.4) is 0 Å². The van der Waals surface area contributed by atoms with E-state index in [1.54, 1.807) is 0 Å². The molecule has 0 radical (unpaired) electrons. The molecule has 2 N–H and O–H groups in total. The quantitative estimate of drug-likeness (QED) is 0.787. The van der Waals surface area contributed by atoms with E-state index in [-0.39, 0.29) is 16.5 Å². The van der Waals surface area contributed by atoms with Gasteiger partial charge in [-0.2, -0.15) is 5.26 Å². The van der Waals surface area contributed by atoms with Gasteiger partial charge in [0.05, 0.1) is 16.5 Å². The molecule has 2 aliphatic carbocycles. The van der Waals surface area contributed by atoms with Gasteiger partial charge in [-0.15, -0.1) is 0 Å². The number of hydrogen-bond acceptors (Lipinski definition) is 5. The van der Waals surface area contributed by atoms with Gasteiger partial charge in [-0.25, -0.2) is 17.5 Å². The van der Waals surface area contributed by atoms with Crippen LogP contribution in [0.1, 0.15) is 44.9 Å². The molecule has 6 nitrogen and oxygen atoms in total. The van der Waals surface area contributed by atoms with E-state index < -0.39 is 21.4 Å². The van der Waals surface area contributed by atoms with Gasteiger partial charge in [0.15, 0.2) is 0 Å². The molecule has 2 heterocycles. The van der Waals surface area contributed by atoms with Gasteiger partial charge in [-0.05, 0) is 74.8 Å². The highest BCUT2D eigenvalue weighted by atomic mass is 32.2. The summed E-state index contributed by atoms with van der Waals surface area (Å²) < 4.78 is 42.7. The van der Waals surface area contributed by atoms with Crippen LogP contribution < -0.4 is 10.0 Å². The maximum Gasteiger partial charge on any atom is 0.241 e. The second-order valence-corrected chi connectivity index (χ2v) is 10.6. The number of hydrogen-bond donors (Lipinski definition) is 2. The molecule has 2 aliphatic heterocycles. The standard InChI is InChI=1S/C21H25FN4O2S/c22-15-4-6-17(7-5-15)29(27,28)25-21-9-2-8-20(14-21)11-18(21)19(13-24-20)26-10-1-3-16(26)12-23/h4-7,16,24-25H,1-3,8-11,13-14H2. The molecular weight excluding hydrogens is 391 g/mol. The van der Waals surface area contributed by atoms with Crippen LogP contribution in [-0.2, 0) is 10.0 Å². The van der Waals surface area contributed by atoms with E-state index in [4.69, 9.17) is 0 Å². The first-order valence-electron chi connectivity index (χ1n) is 10.3. The highest BCUT2D eigenvalue weighted by molar-refractivity contribution is 7.89. The highest BCUT2D eigenvalue weighted by Crippen LogP contribution is 2.55. The van der Waals surface area contributed by atoms with Crippen LogP contribution >= 0.6 is 0 Å². The minimum atomic E-state index is -3.79. The zero-order chi connectivity index (χ0) is 20.3. The van der Waals surface area contributed by atoms with Crippen LogP contribution in [0.25, 0.3) is 0 Å². The molecule has 2 saturated carbocycles. The summed E-state index contributed by atoms with van der Waals surface area (Å²) in [7, 11) is -3.79. The van der Waals surface area contributed by atoms with Gasteiger partial charge >= 0.3 is 0 Å². The zero-order valence-corrected chi connectivity index (χ0v) is 17.1. The van der Waals surface area contributed by atoms with Gasteiger partial charge in [0, 0.05) is 24.3 Å². The molecule has 3 fully saturated rings. The summed E-state index contributed by atoms with van der Waals surface area (Å²) in [5, 5.41) is 13.3. The van der Waals surface area contributed by atoms with Crippen LogP contribution in [0.4, 0.5) is 4.39 Å². The average molecular weight is 417 g/mol. The number of rotatable bonds is 4. The van der Waals surface area contributed by atoms with Crippen molar-refractivity contribution in [2.24, 2.45) is 0 Å². The molecule has 3 bridgehead atoms. The Bertz CT molecular complexity index is 1020. The summed E-state index contributed by atoms with van der Waals surface area (Å²) in [5.74, 6) is -0.457. The van der Waals surface area contributed by atoms with Crippen LogP contribution in [0, 0.1) is 17.1 Å². The zero-order valence-electron chi connectivity index (χ0n) is 16.2. The topological polar surface area (TPSA) is 85.2 Å². The monoisotopic (exact) mass is 416 g/mol. The predicted octanol–water partition coefficient (Wildman–Crippen LogP) is 2.40. The predicted molar refractivity (Wildman–Crippen MR) is 106 cm³/mol. The summed E-state index contributed by atoms with van der Waals surface area (Å²) in [6.07, 6.45) is 6.11. The Morgan fingerprint density at radius 3 is 2.79 bits per heavy atom. The Kier molecular flexibility index (Phi) is 4.28. The van der Waals surface area contributed by atoms with Crippen molar-refractivity contribution in [1.82, 2.24) is 14.9 Å².